The lowest BCUT2D eigenvalue weighted by atomic mass is 10.4. The molecule has 136 valence electrons. The van der Waals surface area contributed by atoms with Crippen LogP contribution in [0.25, 0.3) is 0 Å². The molecule has 0 saturated heterocycles. The molecule has 0 aromatic carbocycles. The van der Waals surface area contributed by atoms with E-state index in [4.69, 9.17) is 14.6 Å². The zero-order valence-corrected chi connectivity index (χ0v) is 13.7. The van der Waals surface area contributed by atoms with Crippen molar-refractivity contribution in [3.8, 4) is 11.8 Å². The predicted molar refractivity (Wildman–Crippen MR) is 84.0 cm³/mol. The lowest BCUT2D eigenvalue weighted by Crippen LogP contribution is -2.28. The Bertz CT molecular complexity index is 542. The monoisotopic (exact) mass is 344 g/mol. The Labute approximate surface area is 139 Å². The summed E-state index contributed by atoms with van der Waals surface area (Å²) in [4.78, 5) is 21.9. The fraction of sp³-hybridized carbons (Fsp3) is 0.600. The summed E-state index contributed by atoms with van der Waals surface area (Å²) in [6, 6.07) is 1.43. The Morgan fingerprint density at radius 1 is 1.12 bits per heavy atom. The average molecular weight is 344 g/mol. The summed E-state index contributed by atoms with van der Waals surface area (Å²) in [6.45, 7) is 3.24. The van der Waals surface area contributed by atoms with Crippen LogP contribution >= 0.6 is 0 Å². The van der Waals surface area contributed by atoms with Gasteiger partial charge in [-0.15, -0.1) is 0 Å². The van der Waals surface area contributed by atoms with E-state index in [2.05, 4.69) is 5.32 Å². The SMILES string of the molecule is Cc1cc(O)n(CCC(=O)NCCOCCOCCC(=O)O)c1O. The Morgan fingerprint density at radius 3 is 2.38 bits per heavy atom. The lowest BCUT2D eigenvalue weighted by Gasteiger charge is -2.09. The molecule has 9 heteroatoms. The second kappa shape index (κ2) is 10.5. The molecular weight excluding hydrogens is 320 g/mol. The highest BCUT2D eigenvalue weighted by Crippen LogP contribution is 2.26. The van der Waals surface area contributed by atoms with E-state index in [1.165, 1.54) is 10.6 Å². The van der Waals surface area contributed by atoms with Gasteiger partial charge >= 0.3 is 5.97 Å². The molecule has 1 heterocycles. The van der Waals surface area contributed by atoms with Gasteiger partial charge in [0.2, 0.25) is 5.91 Å². The van der Waals surface area contributed by atoms with Crippen molar-refractivity contribution >= 4 is 11.9 Å². The minimum atomic E-state index is -0.907. The Morgan fingerprint density at radius 2 is 1.79 bits per heavy atom. The maximum atomic E-state index is 11.7. The highest BCUT2D eigenvalue weighted by molar-refractivity contribution is 5.75. The van der Waals surface area contributed by atoms with Gasteiger partial charge in [0.25, 0.3) is 0 Å². The standard InChI is InChI=1S/C15H24N2O7/c1-11-10-13(19)17(15(11)22)5-2-12(18)16-4-7-24-9-8-23-6-3-14(20)21/h10,19,22H,2-9H2,1H3,(H,16,18)(H,20,21). The first-order chi connectivity index (χ1) is 11.4. The van der Waals surface area contributed by atoms with Gasteiger partial charge in [-0.05, 0) is 6.92 Å². The third-order valence-corrected chi connectivity index (χ3v) is 3.19. The van der Waals surface area contributed by atoms with E-state index in [1.807, 2.05) is 0 Å². The lowest BCUT2D eigenvalue weighted by molar-refractivity contribution is -0.138. The number of aliphatic carboxylic acids is 1. The number of amides is 1. The predicted octanol–water partition coefficient (Wildman–Crippen LogP) is 0.222. The summed E-state index contributed by atoms with van der Waals surface area (Å²) >= 11 is 0. The molecule has 24 heavy (non-hydrogen) atoms. The molecule has 1 rings (SSSR count). The normalized spacial score (nSPS) is 10.7. The van der Waals surface area contributed by atoms with Gasteiger partial charge in [0.15, 0.2) is 11.8 Å². The number of nitrogens with zero attached hydrogens (tertiary/aromatic N) is 1. The van der Waals surface area contributed by atoms with Crippen LogP contribution in [0.5, 0.6) is 11.8 Å². The van der Waals surface area contributed by atoms with E-state index < -0.39 is 5.97 Å². The van der Waals surface area contributed by atoms with Gasteiger partial charge in [-0.25, -0.2) is 0 Å². The minimum absolute atomic E-state index is 0.0396. The third kappa shape index (κ3) is 7.34. The number of carboxylic acid groups (broad SMARTS) is 1. The van der Waals surface area contributed by atoms with E-state index in [0.717, 1.165) is 0 Å². The van der Waals surface area contributed by atoms with Crippen molar-refractivity contribution in [1.29, 1.82) is 0 Å². The molecule has 1 aromatic rings. The highest BCUT2D eigenvalue weighted by Gasteiger charge is 2.11. The number of hydrogen-bond acceptors (Lipinski definition) is 6. The van der Waals surface area contributed by atoms with Crippen LogP contribution in [0.3, 0.4) is 0 Å². The van der Waals surface area contributed by atoms with Crippen LogP contribution in [0, 0.1) is 6.92 Å². The van der Waals surface area contributed by atoms with Crippen molar-refractivity contribution in [2.75, 3.05) is 33.0 Å². The summed E-state index contributed by atoms with van der Waals surface area (Å²) in [5.74, 6) is -1.26. The molecule has 4 N–H and O–H groups in total. The second-order valence-electron chi connectivity index (χ2n) is 5.13. The van der Waals surface area contributed by atoms with Gasteiger partial charge < -0.3 is 30.1 Å². The highest BCUT2D eigenvalue weighted by atomic mass is 16.5. The van der Waals surface area contributed by atoms with E-state index in [-0.39, 0.29) is 43.7 Å². The zero-order valence-electron chi connectivity index (χ0n) is 13.7. The fourth-order valence-corrected chi connectivity index (χ4v) is 1.92. The van der Waals surface area contributed by atoms with Crippen molar-refractivity contribution in [1.82, 2.24) is 9.88 Å². The number of aromatic nitrogens is 1. The average Bonchev–Trinajstić information content (AvgIpc) is 2.76. The van der Waals surface area contributed by atoms with Gasteiger partial charge in [0.05, 0.1) is 32.8 Å². The molecule has 0 fully saturated rings. The molecule has 1 aromatic heterocycles. The molecule has 1 amide bonds. The number of hydrogen-bond donors (Lipinski definition) is 4. The number of carbonyl (C=O) groups excluding carboxylic acids is 1. The van der Waals surface area contributed by atoms with Crippen LogP contribution in [0.15, 0.2) is 6.07 Å². The first-order valence-electron chi connectivity index (χ1n) is 7.64. The zero-order chi connectivity index (χ0) is 17.9. The van der Waals surface area contributed by atoms with Gasteiger partial charge in [0.1, 0.15) is 0 Å². The number of carbonyl (C=O) groups is 2. The van der Waals surface area contributed by atoms with Crippen molar-refractivity contribution < 1.29 is 34.4 Å². The number of ether oxygens (including phenoxy) is 2. The number of aryl methyl sites for hydroxylation is 1. The molecule has 0 bridgehead atoms. The Hall–Kier alpha value is -2.26. The van der Waals surface area contributed by atoms with Crippen LogP contribution in [-0.2, 0) is 25.6 Å². The fourth-order valence-electron chi connectivity index (χ4n) is 1.92. The molecule has 0 spiro atoms. The smallest absolute Gasteiger partial charge is 0.305 e. The van der Waals surface area contributed by atoms with Crippen LogP contribution in [0.4, 0.5) is 0 Å². The van der Waals surface area contributed by atoms with Gasteiger partial charge in [-0.2, -0.15) is 0 Å². The quantitative estimate of drug-likeness (QED) is 0.399. The minimum Gasteiger partial charge on any atom is -0.494 e. The third-order valence-electron chi connectivity index (χ3n) is 3.19. The molecule has 0 radical (unpaired) electrons. The van der Waals surface area contributed by atoms with Crippen molar-refractivity contribution in [2.24, 2.45) is 0 Å². The molecule has 0 unspecified atom stereocenters. The Balaban J connectivity index is 2.03. The number of rotatable bonds is 12. The molecule has 0 atom stereocenters. The Kier molecular flexibility index (Phi) is 8.66. The van der Waals surface area contributed by atoms with Crippen molar-refractivity contribution in [3.05, 3.63) is 11.6 Å². The molecule has 0 saturated carbocycles. The summed E-state index contributed by atoms with van der Waals surface area (Å²) in [5, 5.41) is 30.4. The second-order valence-corrected chi connectivity index (χ2v) is 5.13. The maximum absolute atomic E-state index is 11.7. The first-order valence-corrected chi connectivity index (χ1v) is 7.64. The van der Waals surface area contributed by atoms with E-state index in [9.17, 15) is 19.8 Å². The summed E-state index contributed by atoms with van der Waals surface area (Å²) in [5.41, 5.74) is 0.548. The van der Waals surface area contributed by atoms with Crippen molar-refractivity contribution in [2.45, 2.75) is 26.3 Å². The number of nitrogens with one attached hydrogen (secondary N) is 1. The van der Waals surface area contributed by atoms with E-state index >= 15 is 0 Å². The molecule has 0 aliphatic carbocycles. The molecular formula is C15H24N2O7. The largest absolute Gasteiger partial charge is 0.494 e. The van der Waals surface area contributed by atoms with Crippen molar-refractivity contribution in [3.63, 3.8) is 0 Å². The first kappa shape index (κ1) is 19.8. The topological polar surface area (TPSA) is 130 Å². The maximum Gasteiger partial charge on any atom is 0.305 e. The van der Waals surface area contributed by atoms with Crippen LogP contribution in [0.1, 0.15) is 18.4 Å². The summed E-state index contributed by atoms with van der Waals surface area (Å²) in [6.07, 6.45) is 0.0790. The molecule has 9 nitrogen and oxygen atoms in total. The number of aromatic hydroxyl groups is 2. The summed E-state index contributed by atoms with van der Waals surface area (Å²) < 4.78 is 11.5. The van der Waals surface area contributed by atoms with E-state index in [1.54, 1.807) is 6.92 Å². The van der Waals surface area contributed by atoms with Gasteiger partial charge in [-0.3, -0.25) is 14.2 Å². The molecule has 0 aliphatic rings. The van der Waals surface area contributed by atoms with Gasteiger partial charge in [-0.1, -0.05) is 0 Å². The van der Waals surface area contributed by atoms with Crippen LogP contribution in [-0.4, -0.2) is 64.7 Å². The molecule has 0 aliphatic heterocycles. The van der Waals surface area contributed by atoms with Gasteiger partial charge in [0, 0.05) is 31.1 Å². The van der Waals surface area contributed by atoms with Crippen LogP contribution < -0.4 is 5.32 Å². The summed E-state index contributed by atoms with van der Waals surface area (Å²) in [7, 11) is 0. The van der Waals surface area contributed by atoms with Crippen LogP contribution in [0.2, 0.25) is 0 Å². The van der Waals surface area contributed by atoms with E-state index in [0.29, 0.717) is 31.9 Å². The number of carboxylic acids is 1.